The standard InChI is InChI=1S/C16H12F3N3OS/c17-16(18,19)23-11-6-4-9(5-7-11)12-13-15(24-8-20-13)22-14(21-12)10-2-1-3-10/h4-8,10H,1-3H2. The smallest absolute Gasteiger partial charge is 0.406 e. The van der Waals surface area contributed by atoms with Crippen LogP contribution in [0.2, 0.25) is 0 Å². The molecule has 1 aliphatic carbocycles. The van der Waals surface area contributed by atoms with Crippen molar-refractivity contribution in [3.63, 3.8) is 0 Å². The second-order valence-corrected chi connectivity index (χ2v) is 6.47. The molecule has 1 aliphatic rings. The van der Waals surface area contributed by atoms with E-state index in [9.17, 15) is 13.2 Å². The Morgan fingerprint density at radius 1 is 1.08 bits per heavy atom. The number of hydrogen-bond acceptors (Lipinski definition) is 5. The summed E-state index contributed by atoms with van der Waals surface area (Å²) < 4.78 is 40.7. The molecule has 0 bridgehead atoms. The Morgan fingerprint density at radius 2 is 1.83 bits per heavy atom. The van der Waals surface area contributed by atoms with E-state index in [-0.39, 0.29) is 5.75 Å². The fourth-order valence-corrected chi connectivity index (χ4v) is 3.31. The van der Waals surface area contributed by atoms with E-state index in [1.165, 1.54) is 29.9 Å². The number of alkyl halides is 3. The lowest BCUT2D eigenvalue weighted by Gasteiger charge is -2.24. The lowest BCUT2D eigenvalue weighted by atomic mass is 9.85. The average Bonchev–Trinajstić information content (AvgIpc) is 2.92. The molecule has 0 saturated heterocycles. The highest BCUT2D eigenvalue weighted by Crippen LogP contribution is 2.37. The van der Waals surface area contributed by atoms with Crippen LogP contribution in [-0.4, -0.2) is 21.3 Å². The second kappa shape index (κ2) is 5.70. The number of fused-ring (bicyclic) bond motifs is 1. The average molecular weight is 351 g/mol. The van der Waals surface area contributed by atoms with Crippen LogP contribution in [0.4, 0.5) is 13.2 Å². The summed E-state index contributed by atoms with van der Waals surface area (Å²) in [6.45, 7) is 0. The van der Waals surface area contributed by atoms with E-state index < -0.39 is 6.36 Å². The molecule has 0 amide bonds. The van der Waals surface area contributed by atoms with Gasteiger partial charge in [0.2, 0.25) is 0 Å². The SMILES string of the molecule is FC(F)(F)Oc1ccc(-c2nc(C3CCC3)nc3scnc23)cc1. The van der Waals surface area contributed by atoms with Gasteiger partial charge in [0, 0.05) is 11.5 Å². The summed E-state index contributed by atoms with van der Waals surface area (Å²) in [4.78, 5) is 14.3. The molecule has 0 spiro atoms. The van der Waals surface area contributed by atoms with Gasteiger partial charge in [0.15, 0.2) is 0 Å². The van der Waals surface area contributed by atoms with E-state index in [0.717, 1.165) is 23.5 Å². The predicted octanol–water partition coefficient (Wildman–Crippen LogP) is 4.92. The number of ether oxygens (including phenoxy) is 1. The molecular weight excluding hydrogens is 339 g/mol. The van der Waals surface area contributed by atoms with Crippen LogP contribution in [0.5, 0.6) is 5.75 Å². The highest BCUT2D eigenvalue weighted by Gasteiger charge is 2.31. The van der Waals surface area contributed by atoms with Crippen LogP contribution in [0, 0.1) is 0 Å². The third-order valence-electron chi connectivity index (χ3n) is 4.05. The summed E-state index contributed by atoms with van der Waals surface area (Å²) in [5.41, 5.74) is 3.73. The molecular formula is C16H12F3N3OS. The molecule has 1 fully saturated rings. The highest BCUT2D eigenvalue weighted by atomic mass is 32.1. The number of halogens is 3. The Kier molecular flexibility index (Phi) is 3.64. The van der Waals surface area contributed by atoms with Crippen LogP contribution in [0.3, 0.4) is 0 Å². The van der Waals surface area contributed by atoms with E-state index >= 15 is 0 Å². The summed E-state index contributed by atoms with van der Waals surface area (Å²) in [5, 5.41) is 0. The molecule has 1 aromatic carbocycles. The summed E-state index contributed by atoms with van der Waals surface area (Å²) in [6.07, 6.45) is -1.38. The molecule has 2 heterocycles. The van der Waals surface area contributed by atoms with Gasteiger partial charge in [-0.25, -0.2) is 15.0 Å². The Bertz CT molecular complexity index is 872. The van der Waals surface area contributed by atoms with Crippen molar-refractivity contribution in [1.82, 2.24) is 15.0 Å². The van der Waals surface area contributed by atoms with Crippen LogP contribution in [0.1, 0.15) is 31.0 Å². The van der Waals surface area contributed by atoms with Gasteiger partial charge in [-0.3, -0.25) is 0 Å². The van der Waals surface area contributed by atoms with Crippen molar-refractivity contribution in [1.29, 1.82) is 0 Å². The maximum absolute atomic E-state index is 12.3. The third kappa shape index (κ3) is 2.93. The molecule has 3 aromatic rings. The zero-order chi connectivity index (χ0) is 16.7. The zero-order valence-corrected chi connectivity index (χ0v) is 13.2. The number of nitrogens with zero attached hydrogens (tertiary/aromatic N) is 3. The third-order valence-corrected chi connectivity index (χ3v) is 4.77. The Labute approximate surface area is 139 Å². The van der Waals surface area contributed by atoms with Gasteiger partial charge in [-0.05, 0) is 37.1 Å². The largest absolute Gasteiger partial charge is 0.573 e. The van der Waals surface area contributed by atoms with E-state index in [0.29, 0.717) is 22.7 Å². The first-order valence-electron chi connectivity index (χ1n) is 7.47. The van der Waals surface area contributed by atoms with Gasteiger partial charge in [-0.1, -0.05) is 6.42 Å². The van der Waals surface area contributed by atoms with Crippen molar-refractivity contribution in [3.8, 4) is 17.0 Å². The minimum atomic E-state index is -4.70. The van der Waals surface area contributed by atoms with Crippen molar-refractivity contribution < 1.29 is 17.9 Å². The fourth-order valence-electron chi connectivity index (χ4n) is 2.64. The van der Waals surface area contributed by atoms with E-state index in [1.807, 2.05) is 0 Å². The molecule has 24 heavy (non-hydrogen) atoms. The van der Waals surface area contributed by atoms with Gasteiger partial charge >= 0.3 is 6.36 Å². The highest BCUT2D eigenvalue weighted by molar-refractivity contribution is 7.16. The molecule has 8 heteroatoms. The van der Waals surface area contributed by atoms with Crippen LogP contribution < -0.4 is 4.74 Å². The molecule has 2 aromatic heterocycles. The maximum Gasteiger partial charge on any atom is 0.573 e. The number of thiazole rings is 1. The van der Waals surface area contributed by atoms with Crippen molar-refractivity contribution in [2.75, 3.05) is 0 Å². The quantitative estimate of drug-likeness (QED) is 0.672. The predicted molar refractivity (Wildman–Crippen MR) is 83.9 cm³/mol. The molecule has 1 saturated carbocycles. The minimum Gasteiger partial charge on any atom is -0.406 e. The summed E-state index contributed by atoms with van der Waals surface area (Å²) >= 11 is 1.44. The first kappa shape index (κ1) is 15.3. The van der Waals surface area contributed by atoms with Gasteiger partial charge in [-0.2, -0.15) is 0 Å². The molecule has 0 N–H and O–H groups in total. The van der Waals surface area contributed by atoms with Crippen molar-refractivity contribution in [3.05, 3.63) is 35.6 Å². The molecule has 0 unspecified atom stereocenters. The van der Waals surface area contributed by atoms with Crippen LogP contribution in [-0.2, 0) is 0 Å². The van der Waals surface area contributed by atoms with Gasteiger partial charge in [-0.15, -0.1) is 24.5 Å². The topological polar surface area (TPSA) is 47.9 Å². The minimum absolute atomic E-state index is 0.256. The van der Waals surface area contributed by atoms with Gasteiger partial charge < -0.3 is 4.74 Å². The number of benzene rings is 1. The van der Waals surface area contributed by atoms with Gasteiger partial charge in [0.1, 0.15) is 27.6 Å². The lowest BCUT2D eigenvalue weighted by molar-refractivity contribution is -0.274. The summed E-state index contributed by atoms with van der Waals surface area (Å²) in [5.74, 6) is 0.903. The van der Waals surface area contributed by atoms with E-state index in [4.69, 9.17) is 0 Å². The molecule has 0 aliphatic heterocycles. The number of aromatic nitrogens is 3. The Morgan fingerprint density at radius 3 is 2.46 bits per heavy atom. The first-order chi connectivity index (χ1) is 11.5. The number of rotatable bonds is 3. The fraction of sp³-hybridized carbons (Fsp3) is 0.312. The molecule has 124 valence electrons. The van der Waals surface area contributed by atoms with Gasteiger partial charge in [0.25, 0.3) is 0 Å². The lowest BCUT2D eigenvalue weighted by Crippen LogP contribution is -2.17. The maximum atomic E-state index is 12.3. The zero-order valence-electron chi connectivity index (χ0n) is 12.4. The van der Waals surface area contributed by atoms with Crippen LogP contribution >= 0.6 is 11.3 Å². The van der Waals surface area contributed by atoms with Crippen LogP contribution in [0.25, 0.3) is 21.6 Å². The van der Waals surface area contributed by atoms with Crippen LogP contribution in [0.15, 0.2) is 29.8 Å². The molecule has 4 rings (SSSR count). The first-order valence-corrected chi connectivity index (χ1v) is 8.35. The molecule has 4 nitrogen and oxygen atoms in total. The van der Waals surface area contributed by atoms with Crippen molar-refractivity contribution in [2.24, 2.45) is 0 Å². The van der Waals surface area contributed by atoms with Crippen molar-refractivity contribution in [2.45, 2.75) is 31.5 Å². The van der Waals surface area contributed by atoms with Crippen molar-refractivity contribution >= 4 is 21.7 Å². The van der Waals surface area contributed by atoms with E-state index in [1.54, 1.807) is 17.6 Å². The monoisotopic (exact) mass is 351 g/mol. The number of hydrogen-bond donors (Lipinski definition) is 0. The normalized spacial score (nSPS) is 15.5. The second-order valence-electron chi connectivity index (χ2n) is 5.64. The summed E-state index contributed by atoms with van der Waals surface area (Å²) in [7, 11) is 0. The molecule has 0 radical (unpaired) electrons. The Balaban J connectivity index is 1.73. The summed E-state index contributed by atoms with van der Waals surface area (Å²) in [6, 6.07) is 5.69. The van der Waals surface area contributed by atoms with E-state index in [2.05, 4.69) is 19.7 Å². The van der Waals surface area contributed by atoms with Gasteiger partial charge in [0.05, 0.1) is 5.51 Å². The Hall–Kier alpha value is -2.22. The molecule has 0 atom stereocenters.